The Hall–Kier alpha value is -1.87. The first-order valence-corrected chi connectivity index (χ1v) is 7.40. The SMILES string of the molecule is O=C(C(F)(F)F)P(=O)(c1ccccc1)c1ccccc1. The second-order valence-electron chi connectivity index (χ2n) is 4.08. The molecule has 104 valence electrons. The summed E-state index contributed by atoms with van der Waals surface area (Å²) in [5.41, 5.74) is -2.21. The van der Waals surface area contributed by atoms with Crippen LogP contribution in [0.3, 0.4) is 0 Å². The third-order valence-electron chi connectivity index (χ3n) is 2.77. The lowest BCUT2D eigenvalue weighted by Crippen LogP contribution is -2.32. The van der Waals surface area contributed by atoms with Crippen molar-refractivity contribution in [2.75, 3.05) is 0 Å². The molecule has 0 amide bonds. The summed E-state index contributed by atoms with van der Waals surface area (Å²) in [6.07, 6.45) is -5.15. The van der Waals surface area contributed by atoms with Gasteiger partial charge in [-0.3, -0.25) is 4.79 Å². The number of benzene rings is 2. The zero-order valence-corrected chi connectivity index (χ0v) is 11.1. The van der Waals surface area contributed by atoms with E-state index >= 15 is 0 Å². The maximum Gasteiger partial charge on any atom is 0.458 e. The van der Waals surface area contributed by atoms with E-state index in [1.807, 2.05) is 0 Å². The Labute approximate surface area is 113 Å². The van der Waals surface area contributed by atoms with E-state index in [2.05, 4.69) is 0 Å². The number of carbonyl (C=O) groups is 1. The molecule has 20 heavy (non-hydrogen) atoms. The van der Waals surface area contributed by atoms with Gasteiger partial charge >= 0.3 is 11.7 Å². The quantitative estimate of drug-likeness (QED) is 0.816. The molecule has 0 saturated heterocycles. The first-order valence-electron chi connectivity index (χ1n) is 5.70. The average Bonchev–Trinajstić information content (AvgIpc) is 2.46. The van der Waals surface area contributed by atoms with Crippen LogP contribution in [0.4, 0.5) is 13.2 Å². The van der Waals surface area contributed by atoms with Gasteiger partial charge in [0.1, 0.15) is 0 Å². The molecule has 0 spiro atoms. The molecule has 0 aliphatic heterocycles. The van der Waals surface area contributed by atoms with E-state index in [1.165, 1.54) is 48.5 Å². The summed E-state index contributed by atoms with van der Waals surface area (Å²) in [5, 5.41) is -0.234. The summed E-state index contributed by atoms with van der Waals surface area (Å²) < 4.78 is 51.3. The number of halogens is 3. The molecule has 2 aromatic rings. The maximum absolute atomic E-state index is 12.9. The Bertz CT molecular complexity index is 608. The van der Waals surface area contributed by atoms with Gasteiger partial charge in [-0.2, -0.15) is 13.2 Å². The minimum Gasteiger partial charge on any atom is -0.305 e. The van der Waals surface area contributed by atoms with Crippen molar-refractivity contribution in [3.63, 3.8) is 0 Å². The topological polar surface area (TPSA) is 34.1 Å². The maximum atomic E-state index is 12.9. The lowest BCUT2D eigenvalue weighted by Gasteiger charge is -2.19. The van der Waals surface area contributed by atoms with Gasteiger partial charge in [0.05, 0.1) is 0 Å². The predicted octanol–water partition coefficient (Wildman–Crippen LogP) is 3.09. The zero-order valence-electron chi connectivity index (χ0n) is 10.2. The van der Waals surface area contributed by atoms with Gasteiger partial charge in [-0.1, -0.05) is 60.7 Å². The fourth-order valence-electron chi connectivity index (χ4n) is 1.84. The van der Waals surface area contributed by atoms with E-state index in [9.17, 15) is 22.5 Å². The standard InChI is InChI=1S/C14H10F3O2P/c15-14(16,17)13(18)20(19,11-7-3-1-4-8-11)12-9-5-2-6-10-12/h1-10H. The van der Waals surface area contributed by atoms with Gasteiger partial charge in [-0.05, 0) is 0 Å². The highest BCUT2D eigenvalue weighted by Crippen LogP contribution is 2.49. The molecule has 0 bridgehead atoms. The smallest absolute Gasteiger partial charge is 0.305 e. The fourth-order valence-corrected chi connectivity index (χ4v) is 4.15. The zero-order chi connectivity index (χ0) is 14.8. The third kappa shape index (κ3) is 2.54. The molecule has 2 nitrogen and oxygen atoms in total. The van der Waals surface area contributed by atoms with Crippen LogP contribution in [-0.2, 0) is 9.36 Å². The second kappa shape index (κ2) is 5.25. The molecule has 0 fully saturated rings. The molecule has 2 aromatic carbocycles. The molecule has 2 rings (SSSR count). The molecule has 0 radical (unpaired) electrons. The molecular formula is C14H10F3O2P. The Balaban J connectivity index is 2.69. The van der Waals surface area contributed by atoms with Gasteiger partial charge in [-0.25, -0.2) is 0 Å². The molecule has 0 atom stereocenters. The van der Waals surface area contributed by atoms with Crippen LogP contribution in [-0.4, -0.2) is 11.7 Å². The normalized spacial score (nSPS) is 12.2. The van der Waals surface area contributed by atoms with Gasteiger partial charge in [0.2, 0.25) is 7.14 Å². The van der Waals surface area contributed by atoms with Crippen molar-refractivity contribution in [3.8, 4) is 0 Å². The number of carbonyl (C=O) groups excluding carboxylic acids is 1. The minimum atomic E-state index is -5.15. The molecule has 6 heteroatoms. The number of rotatable bonds is 3. The lowest BCUT2D eigenvalue weighted by molar-refractivity contribution is -0.161. The largest absolute Gasteiger partial charge is 0.458 e. The van der Waals surface area contributed by atoms with E-state index in [0.717, 1.165) is 0 Å². The van der Waals surface area contributed by atoms with Crippen molar-refractivity contribution < 1.29 is 22.5 Å². The summed E-state index contributed by atoms with van der Waals surface area (Å²) in [6, 6.07) is 14.1. The number of alkyl halides is 3. The fraction of sp³-hybridized carbons (Fsp3) is 0.0714. The van der Waals surface area contributed by atoms with Crippen molar-refractivity contribution in [3.05, 3.63) is 60.7 Å². The van der Waals surface area contributed by atoms with Crippen molar-refractivity contribution in [1.29, 1.82) is 0 Å². The van der Waals surface area contributed by atoms with Crippen LogP contribution in [0.1, 0.15) is 0 Å². The molecule has 0 heterocycles. The highest BCUT2D eigenvalue weighted by atomic mass is 31.2. The van der Waals surface area contributed by atoms with E-state index in [1.54, 1.807) is 12.1 Å². The Morgan fingerprint density at radius 3 is 1.45 bits per heavy atom. The Morgan fingerprint density at radius 1 is 0.800 bits per heavy atom. The van der Waals surface area contributed by atoms with Crippen molar-refractivity contribution >= 4 is 23.3 Å². The van der Waals surface area contributed by atoms with Crippen LogP contribution >= 0.6 is 7.14 Å². The lowest BCUT2D eigenvalue weighted by atomic mass is 10.4. The molecule has 0 saturated carbocycles. The minimum absolute atomic E-state index is 0.117. The van der Waals surface area contributed by atoms with Crippen LogP contribution in [0, 0.1) is 0 Å². The summed E-state index contributed by atoms with van der Waals surface area (Å²) >= 11 is 0. The predicted molar refractivity (Wildman–Crippen MR) is 70.8 cm³/mol. The first kappa shape index (κ1) is 14.5. The molecule has 0 aliphatic carbocycles. The highest BCUT2D eigenvalue weighted by Gasteiger charge is 2.52. The molecule has 0 N–H and O–H groups in total. The Morgan fingerprint density at radius 2 is 1.15 bits per heavy atom. The molecular weight excluding hydrogens is 288 g/mol. The van der Waals surface area contributed by atoms with E-state index in [4.69, 9.17) is 0 Å². The van der Waals surface area contributed by atoms with Gasteiger partial charge in [0, 0.05) is 10.6 Å². The monoisotopic (exact) mass is 298 g/mol. The van der Waals surface area contributed by atoms with Crippen LogP contribution < -0.4 is 10.6 Å². The number of hydrogen-bond acceptors (Lipinski definition) is 2. The van der Waals surface area contributed by atoms with Crippen LogP contribution in [0.2, 0.25) is 0 Å². The van der Waals surface area contributed by atoms with Crippen LogP contribution in [0.25, 0.3) is 0 Å². The van der Waals surface area contributed by atoms with Gasteiger partial charge < -0.3 is 4.57 Å². The summed E-state index contributed by atoms with van der Waals surface area (Å²) in [4.78, 5) is 11.7. The van der Waals surface area contributed by atoms with Gasteiger partial charge in [-0.15, -0.1) is 0 Å². The van der Waals surface area contributed by atoms with Gasteiger partial charge in [0.25, 0.3) is 0 Å². The van der Waals surface area contributed by atoms with E-state index in [-0.39, 0.29) is 10.6 Å². The average molecular weight is 298 g/mol. The summed E-state index contributed by atoms with van der Waals surface area (Å²) in [7, 11) is -4.40. The molecule has 0 aliphatic rings. The van der Waals surface area contributed by atoms with Crippen LogP contribution in [0.5, 0.6) is 0 Å². The van der Waals surface area contributed by atoms with E-state index in [0.29, 0.717) is 0 Å². The highest BCUT2D eigenvalue weighted by molar-refractivity contribution is 7.93. The van der Waals surface area contributed by atoms with Gasteiger partial charge in [0.15, 0.2) is 0 Å². The third-order valence-corrected chi connectivity index (χ3v) is 5.64. The van der Waals surface area contributed by atoms with Crippen LogP contribution in [0.15, 0.2) is 60.7 Å². The van der Waals surface area contributed by atoms with Crippen molar-refractivity contribution in [1.82, 2.24) is 0 Å². The Kier molecular flexibility index (Phi) is 3.82. The summed E-state index contributed by atoms with van der Waals surface area (Å²) in [6.45, 7) is 0. The first-order chi connectivity index (χ1) is 9.37. The molecule has 0 aromatic heterocycles. The van der Waals surface area contributed by atoms with Crippen molar-refractivity contribution in [2.24, 2.45) is 0 Å². The summed E-state index contributed by atoms with van der Waals surface area (Å²) in [5.74, 6) is 0. The van der Waals surface area contributed by atoms with E-state index < -0.39 is 18.8 Å². The van der Waals surface area contributed by atoms with Crippen molar-refractivity contribution in [2.45, 2.75) is 6.18 Å². The molecule has 0 unspecified atom stereocenters. The second-order valence-corrected chi connectivity index (χ2v) is 6.74. The number of hydrogen-bond donors (Lipinski definition) is 0.